The molecule has 0 saturated carbocycles. The molecule has 31 heavy (non-hydrogen) atoms. The highest BCUT2D eigenvalue weighted by molar-refractivity contribution is 8.15. The van der Waals surface area contributed by atoms with E-state index in [1.807, 2.05) is 12.1 Å². The Morgan fingerprint density at radius 2 is 2.03 bits per heavy atom. The zero-order valence-electron chi connectivity index (χ0n) is 18.0. The number of hydrogen-bond acceptors (Lipinski definition) is 7. The van der Waals surface area contributed by atoms with Crippen LogP contribution in [0.25, 0.3) is 0 Å². The maximum absolute atomic E-state index is 12.4. The molecule has 9 heteroatoms. The fraction of sp³-hybridized carbons (Fsp3) is 0.636. The number of thioether (sulfide) groups is 1. The molecule has 0 spiro atoms. The van der Waals surface area contributed by atoms with Crippen LogP contribution in [0, 0.1) is 0 Å². The summed E-state index contributed by atoms with van der Waals surface area (Å²) in [5.41, 5.74) is 1.49. The smallest absolute Gasteiger partial charge is 0.251 e. The molecule has 3 aliphatic heterocycles. The number of rotatable bonds is 7. The van der Waals surface area contributed by atoms with Gasteiger partial charge in [0.25, 0.3) is 5.91 Å². The van der Waals surface area contributed by atoms with Crippen molar-refractivity contribution in [2.24, 2.45) is 4.99 Å². The molecular formula is C22H32N4O3S2. The lowest BCUT2D eigenvalue weighted by molar-refractivity contribution is 0.0947. The fourth-order valence-electron chi connectivity index (χ4n) is 4.65. The molecule has 1 aromatic carbocycles. The summed E-state index contributed by atoms with van der Waals surface area (Å²) in [5.74, 6) is 0.295. The van der Waals surface area contributed by atoms with Crippen LogP contribution in [0.3, 0.4) is 0 Å². The Hall–Kier alpha value is -1.58. The number of likely N-dealkylation sites (tertiary alicyclic amines) is 1. The van der Waals surface area contributed by atoms with Crippen molar-refractivity contribution in [1.29, 1.82) is 0 Å². The van der Waals surface area contributed by atoms with Gasteiger partial charge in [0.1, 0.15) is 0 Å². The molecule has 0 aliphatic carbocycles. The molecule has 3 aliphatic rings. The topological polar surface area (TPSA) is 90.9 Å². The zero-order chi connectivity index (χ0) is 21.8. The number of hydrogen-bond donors (Lipinski definition) is 2. The Labute approximate surface area is 189 Å². The van der Waals surface area contributed by atoms with Crippen LogP contribution in [0.2, 0.25) is 0 Å². The number of nitrogens with zero attached hydrogens (tertiary/aromatic N) is 2. The van der Waals surface area contributed by atoms with Crippen molar-refractivity contribution in [2.75, 3.05) is 36.5 Å². The summed E-state index contributed by atoms with van der Waals surface area (Å²) in [6, 6.07) is 7.91. The first-order valence-corrected chi connectivity index (χ1v) is 14.0. The summed E-state index contributed by atoms with van der Waals surface area (Å²) in [4.78, 5) is 19.5. The lowest BCUT2D eigenvalue weighted by Gasteiger charge is -2.35. The number of sulfone groups is 1. The van der Waals surface area contributed by atoms with Crippen molar-refractivity contribution in [1.82, 2.24) is 10.2 Å². The second kappa shape index (κ2) is 9.92. The van der Waals surface area contributed by atoms with Crippen LogP contribution in [-0.2, 0) is 9.84 Å². The third-order valence-corrected chi connectivity index (χ3v) is 9.49. The van der Waals surface area contributed by atoms with Gasteiger partial charge in [-0.25, -0.2) is 8.42 Å². The molecule has 0 radical (unpaired) electrons. The van der Waals surface area contributed by atoms with Crippen molar-refractivity contribution in [2.45, 2.75) is 56.4 Å². The van der Waals surface area contributed by atoms with E-state index in [0.717, 1.165) is 23.8 Å². The Kier molecular flexibility index (Phi) is 7.23. The van der Waals surface area contributed by atoms with Gasteiger partial charge in [0.2, 0.25) is 0 Å². The lowest BCUT2D eigenvalue weighted by Crippen LogP contribution is -2.40. The molecule has 1 amide bonds. The van der Waals surface area contributed by atoms with Crippen LogP contribution in [0.4, 0.5) is 5.69 Å². The summed E-state index contributed by atoms with van der Waals surface area (Å²) in [5, 5.41) is 7.05. The van der Waals surface area contributed by atoms with Crippen molar-refractivity contribution >= 4 is 38.4 Å². The number of carbonyl (C=O) groups is 1. The standard InChI is InChI=1S/C22H32N4O3S2/c1-2-18-6-3-4-12-26(18)13-5-11-23-21(27)16-7-9-17(10-8-16)24-22-25-19-14-31(28,29)15-20(19)30-22/h7-10,18-20H,2-6,11-15H2,1H3,(H,23,27)(H,24,25). The maximum atomic E-state index is 12.4. The summed E-state index contributed by atoms with van der Waals surface area (Å²) in [6.45, 7) is 5.18. The van der Waals surface area contributed by atoms with Gasteiger partial charge in [-0.05, 0) is 56.5 Å². The molecule has 0 aromatic heterocycles. The summed E-state index contributed by atoms with van der Waals surface area (Å²) in [7, 11) is -2.94. The highest BCUT2D eigenvalue weighted by Gasteiger charge is 2.42. The second-order valence-corrected chi connectivity index (χ2v) is 12.0. The van der Waals surface area contributed by atoms with Crippen molar-refractivity contribution in [3.8, 4) is 0 Å². The number of piperidine rings is 1. The Bertz CT molecular complexity index is 917. The molecular weight excluding hydrogens is 432 g/mol. The van der Waals surface area contributed by atoms with Gasteiger partial charge in [-0.1, -0.05) is 25.1 Å². The average molecular weight is 465 g/mol. The first-order valence-electron chi connectivity index (χ1n) is 11.3. The van der Waals surface area contributed by atoms with Gasteiger partial charge in [0.15, 0.2) is 15.0 Å². The van der Waals surface area contributed by atoms with E-state index in [2.05, 4.69) is 27.4 Å². The van der Waals surface area contributed by atoms with E-state index in [-0.39, 0.29) is 28.7 Å². The Morgan fingerprint density at radius 3 is 2.77 bits per heavy atom. The van der Waals surface area contributed by atoms with Crippen LogP contribution in [0.1, 0.15) is 49.4 Å². The van der Waals surface area contributed by atoms with Crippen LogP contribution in [0.5, 0.6) is 0 Å². The van der Waals surface area contributed by atoms with E-state index < -0.39 is 9.84 Å². The van der Waals surface area contributed by atoms with Crippen LogP contribution in [0.15, 0.2) is 29.3 Å². The molecule has 3 unspecified atom stereocenters. The second-order valence-electron chi connectivity index (χ2n) is 8.64. The van der Waals surface area contributed by atoms with Gasteiger partial charge in [-0.2, -0.15) is 0 Å². The van der Waals surface area contributed by atoms with Gasteiger partial charge in [0, 0.05) is 35.6 Å². The third-order valence-electron chi connectivity index (χ3n) is 6.34. The van der Waals surface area contributed by atoms with E-state index >= 15 is 0 Å². The average Bonchev–Trinajstić information content (AvgIpc) is 3.24. The minimum absolute atomic E-state index is 0.0232. The van der Waals surface area contributed by atoms with Crippen LogP contribution in [-0.4, -0.2) is 72.9 Å². The number of aliphatic imine (C=N–C) groups is 1. The SMILES string of the molecule is CCC1CCCCN1CCCNC(=O)c1ccc(NC2=NC3CS(=O)(=O)CC3S2)cc1. The summed E-state index contributed by atoms with van der Waals surface area (Å²) >= 11 is 1.49. The van der Waals surface area contributed by atoms with Crippen LogP contribution >= 0.6 is 11.8 Å². The van der Waals surface area contributed by atoms with Gasteiger partial charge in [-0.3, -0.25) is 9.79 Å². The number of carbonyl (C=O) groups excluding carboxylic acids is 1. The molecule has 3 heterocycles. The quantitative estimate of drug-likeness (QED) is 0.603. The number of benzene rings is 1. The Morgan fingerprint density at radius 1 is 1.23 bits per heavy atom. The predicted octanol–water partition coefficient (Wildman–Crippen LogP) is 2.75. The molecule has 0 bridgehead atoms. The van der Waals surface area contributed by atoms with Gasteiger partial charge >= 0.3 is 0 Å². The maximum Gasteiger partial charge on any atom is 0.251 e. The molecule has 170 valence electrons. The van der Waals surface area contributed by atoms with E-state index in [1.165, 1.54) is 44.0 Å². The minimum Gasteiger partial charge on any atom is -0.352 e. The number of fused-ring (bicyclic) bond motifs is 1. The highest BCUT2D eigenvalue weighted by Crippen LogP contribution is 2.34. The summed E-state index contributed by atoms with van der Waals surface area (Å²) < 4.78 is 23.3. The predicted molar refractivity (Wildman–Crippen MR) is 128 cm³/mol. The molecule has 2 fully saturated rings. The van der Waals surface area contributed by atoms with E-state index in [0.29, 0.717) is 18.2 Å². The monoisotopic (exact) mass is 464 g/mol. The van der Waals surface area contributed by atoms with Gasteiger partial charge < -0.3 is 15.5 Å². The number of nitrogens with one attached hydrogen (secondary N) is 2. The normalized spacial score (nSPS) is 27.5. The molecule has 2 saturated heterocycles. The first kappa shape index (κ1) is 22.6. The number of amides is 1. The molecule has 2 N–H and O–H groups in total. The van der Waals surface area contributed by atoms with Crippen molar-refractivity contribution in [3.63, 3.8) is 0 Å². The van der Waals surface area contributed by atoms with E-state index in [1.54, 1.807) is 12.1 Å². The van der Waals surface area contributed by atoms with Gasteiger partial charge in [0.05, 0.1) is 17.5 Å². The highest BCUT2D eigenvalue weighted by atomic mass is 32.2. The number of amidine groups is 1. The van der Waals surface area contributed by atoms with Crippen LogP contribution < -0.4 is 10.6 Å². The first-order chi connectivity index (χ1) is 14.9. The van der Waals surface area contributed by atoms with Gasteiger partial charge in [-0.15, -0.1) is 0 Å². The van der Waals surface area contributed by atoms with Crippen molar-refractivity contribution in [3.05, 3.63) is 29.8 Å². The zero-order valence-corrected chi connectivity index (χ0v) is 19.7. The molecule has 3 atom stereocenters. The summed E-state index contributed by atoms with van der Waals surface area (Å²) in [6.07, 6.45) is 6.10. The molecule has 4 rings (SSSR count). The molecule has 7 nitrogen and oxygen atoms in total. The molecule has 1 aromatic rings. The lowest BCUT2D eigenvalue weighted by atomic mass is 10.00. The third kappa shape index (κ3) is 5.81. The number of anilines is 1. The fourth-order valence-corrected chi connectivity index (χ4v) is 8.32. The largest absolute Gasteiger partial charge is 0.352 e. The van der Waals surface area contributed by atoms with Crippen molar-refractivity contribution < 1.29 is 13.2 Å². The Balaban J connectivity index is 1.21. The van der Waals surface area contributed by atoms with E-state index in [9.17, 15) is 13.2 Å². The minimum atomic E-state index is -2.94. The van der Waals surface area contributed by atoms with E-state index in [4.69, 9.17) is 0 Å².